The van der Waals surface area contributed by atoms with Gasteiger partial charge in [-0.25, -0.2) is 5.01 Å². The van der Waals surface area contributed by atoms with Crippen molar-refractivity contribution in [2.45, 2.75) is 12.8 Å². The molecule has 0 saturated heterocycles. The van der Waals surface area contributed by atoms with Gasteiger partial charge in [0.25, 0.3) is 0 Å². The number of hydrogen-bond acceptors (Lipinski definition) is 6. The lowest BCUT2D eigenvalue weighted by atomic mass is 10.2. The number of hydrazone groups is 1. The third kappa shape index (κ3) is 8.73. The highest BCUT2D eigenvalue weighted by atomic mass is 32.1. The first kappa shape index (κ1) is 23.2. The normalized spacial score (nSPS) is 10.0. The number of nitrogens with zero attached hydrogens (tertiary/aromatic N) is 2. The third-order valence-electron chi connectivity index (χ3n) is 3.66. The van der Waals surface area contributed by atoms with Crippen LogP contribution in [0.2, 0.25) is 0 Å². The maximum Gasteiger partial charge on any atom is 0.242 e. The summed E-state index contributed by atoms with van der Waals surface area (Å²) in [6.45, 7) is 0. The molecule has 0 atom stereocenters. The van der Waals surface area contributed by atoms with Crippen LogP contribution in [0.4, 0.5) is 0 Å². The Morgan fingerprint density at radius 3 is 1.93 bits per heavy atom. The van der Waals surface area contributed by atoms with E-state index < -0.39 is 0 Å². The lowest BCUT2D eigenvalue weighted by Gasteiger charge is -2.09. The van der Waals surface area contributed by atoms with Gasteiger partial charge in [-0.2, -0.15) is 17.7 Å². The first-order valence-corrected chi connectivity index (χ1v) is 9.32. The minimum Gasteiger partial charge on any atom is -0.497 e. The highest BCUT2D eigenvalue weighted by Crippen LogP contribution is 2.10. The molecule has 0 aliphatic rings. The monoisotopic (exact) mass is 402 g/mol. The summed E-state index contributed by atoms with van der Waals surface area (Å²) in [6.07, 6.45) is 3.70. The minimum absolute atomic E-state index is 0.00573. The molecular weight excluding hydrogens is 376 g/mol. The van der Waals surface area contributed by atoms with Gasteiger partial charge in [0.1, 0.15) is 17.8 Å². The number of aldehydes is 1. The summed E-state index contributed by atoms with van der Waals surface area (Å²) in [7, 11) is 4.87. The van der Waals surface area contributed by atoms with Gasteiger partial charge in [0.2, 0.25) is 5.91 Å². The summed E-state index contributed by atoms with van der Waals surface area (Å²) in [6, 6.07) is 14.4. The van der Waals surface area contributed by atoms with E-state index in [0.29, 0.717) is 17.7 Å². The lowest BCUT2D eigenvalue weighted by Crippen LogP contribution is -2.21. The molecule has 2 aromatic carbocycles. The van der Waals surface area contributed by atoms with E-state index in [-0.39, 0.29) is 5.91 Å². The lowest BCUT2D eigenvalue weighted by molar-refractivity contribution is -0.129. The Bertz CT molecular complexity index is 746. The van der Waals surface area contributed by atoms with Crippen molar-refractivity contribution in [3.8, 4) is 11.5 Å². The number of benzene rings is 2. The van der Waals surface area contributed by atoms with Crippen molar-refractivity contribution in [3.05, 3.63) is 59.7 Å². The number of ether oxygens (including phenoxy) is 2. The zero-order valence-corrected chi connectivity index (χ0v) is 17.3. The van der Waals surface area contributed by atoms with E-state index >= 15 is 0 Å². The zero-order chi connectivity index (χ0) is 20.8. The van der Waals surface area contributed by atoms with Gasteiger partial charge in [0.05, 0.1) is 20.4 Å². The topological polar surface area (TPSA) is 68.2 Å². The fourth-order valence-corrected chi connectivity index (χ4v) is 2.14. The predicted octanol–water partition coefficient (Wildman–Crippen LogP) is 3.71. The van der Waals surface area contributed by atoms with Gasteiger partial charge in [-0.15, -0.1) is 0 Å². The summed E-state index contributed by atoms with van der Waals surface area (Å²) in [5, 5.41) is 5.45. The Labute approximate surface area is 171 Å². The first-order valence-electron chi connectivity index (χ1n) is 8.68. The fourth-order valence-electron chi connectivity index (χ4n) is 1.98. The Morgan fingerprint density at radius 1 is 1.00 bits per heavy atom. The molecule has 0 fully saturated rings. The molecule has 0 bridgehead atoms. The van der Waals surface area contributed by atoms with E-state index in [1.54, 1.807) is 51.7 Å². The van der Waals surface area contributed by atoms with E-state index in [1.165, 1.54) is 5.01 Å². The quantitative estimate of drug-likeness (QED) is 0.316. The van der Waals surface area contributed by atoms with Crippen LogP contribution in [0.1, 0.15) is 28.8 Å². The van der Waals surface area contributed by atoms with Crippen molar-refractivity contribution in [1.82, 2.24) is 5.01 Å². The fraction of sp³-hybridized carbons (Fsp3) is 0.286. The van der Waals surface area contributed by atoms with Gasteiger partial charge in [-0.05, 0) is 66.3 Å². The molecule has 6 nitrogen and oxygen atoms in total. The van der Waals surface area contributed by atoms with Crippen LogP contribution < -0.4 is 9.47 Å². The average molecular weight is 403 g/mol. The summed E-state index contributed by atoms with van der Waals surface area (Å²) >= 11 is 4.07. The number of carbonyl (C=O) groups excluding carboxylic acids is 2. The van der Waals surface area contributed by atoms with E-state index in [1.807, 2.05) is 24.3 Å². The predicted molar refractivity (Wildman–Crippen MR) is 115 cm³/mol. The van der Waals surface area contributed by atoms with Crippen molar-refractivity contribution in [2.75, 3.05) is 27.0 Å². The number of carbonyl (C=O) groups is 2. The van der Waals surface area contributed by atoms with Crippen molar-refractivity contribution in [3.63, 3.8) is 0 Å². The number of rotatable bonds is 8. The molecule has 2 aromatic rings. The van der Waals surface area contributed by atoms with E-state index in [4.69, 9.17) is 9.47 Å². The molecule has 0 aliphatic heterocycles. The summed E-state index contributed by atoms with van der Waals surface area (Å²) < 4.78 is 9.96. The number of thiol groups is 1. The second-order valence-electron chi connectivity index (χ2n) is 5.65. The number of methoxy groups -OCH3 is 2. The van der Waals surface area contributed by atoms with Gasteiger partial charge >= 0.3 is 0 Å². The van der Waals surface area contributed by atoms with E-state index in [0.717, 1.165) is 29.8 Å². The Hall–Kier alpha value is -2.80. The highest BCUT2D eigenvalue weighted by Gasteiger charge is 2.05. The zero-order valence-electron chi connectivity index (χ0n) is 16.4. The van der Waals surface area contributed by atoms with Crippen LogP contribution >= 0.6 is 12.6 Å². The Balaban J connectivity index is 0.000000330. The standard InChI is InChI=1S/C13H18N2O2S.C8H8O2/c1-15(13(16)4-3-9-18)14-10-11-5-7-12(17-2)8-6-11;1-10-8-4-2-7(6-9)3-5-8/h5-8,10,18H,3-4,9H2,1-2H3;2-6H,1H3. The van der Waals surface area contributed by atoms with Crippen LogP contribution in [0.15, 0.2) is 53.6 Å². The van der Waals surface area contributed by atoms with Crippen LogP contribution in [0.25, 0.3) is 0 Å². The molecule has 0 aromatic heterocycles. The summed E-state index contributed by atoms with van der Waals surface area (Å²) in [4.78, 5) is 21.7. The second kappa shape index (κ2) is 13.4. The van der Waals surface area contributed by atoms with Gasteiger partial charge < -0.3 is 9.47 Å². The maximum atomic E-state index is 11.6. The molecule has 7 heteroatoms. The van der Waals surface area contributed by atoms with Crippen LogP contribution in [-0.4, -0.2) is 50.4 Å². The summed E-state index contributed by atoms with van der Waals surface area (Å²) in [5.74, 6) is 2.27. The molecule has 150 valence electrons. The molecule has 1 amide bonds. The maximum absolute atomic E-state index is 11.6. The average Bonchev–Trinajstić information content (AvgIpc) is 2.76. The molecule has 0 spiro atoms. The number of amides is 1. The van der Waals surface area contributed by atoms with Crippen molar-refractivity contribution in [1.29, 1.82) is 0 Å². The molecule has 0 heterocycles. The largest absolute Gasteiger partial charge is 0.497 e. The molecule has 2 rings (SSSR count). The van der Waals surface area contributed by atoms with Crippen molar-refractivity contribution < 1.29 is 19.1 Å². The van der Waals surface area contributed by atoms with E-state index in [9.17, 15) is 9.59 Å². The molecule has 0 unspecified atom stereocenters. The Kier molecular flexibility index (Phi) is 11.1. The molecule has 0 saturated carbocycles. The first-order chi connectivity index (χ1) is 13.5. The molecule has 0 radical (unpaired) electrons. The van der Waals surface area contributed by atoms with Gasteiger partial charge in [0.15, 0.2) is 0 Å². The third-order valence-corrected chi connectivity index (χ3v) is 3.97. The van der Waals surface area contributed by atoms with Crippen molar-refractivity contribution >= 4 is 31.0 Å². The van der Waals surface area contributed by atoms with Crippen molar-refractivity contribution in [2.24, 2.45) is 5.10 Å². The van der Waals surface area contributed by atoms with Crippen LogP contribution in [-0.2, 0) is 4.79 Å². The van der Waals surface area contributed by atoms with Gasteiger partial charge in [-0.3, -0.25) is 9.59 Å². The SMILES string of the molecule is COc1ccc(C=NN(C)C(=O)CCCS)cc1.COc1ccc(C=O)cc1. The van der Waals surface area contributed by atoms with Gasteiger partial charge in [0, 0.05) is 19.0 Å². The molecule has 0 aliphatic carbocycles. The van der Waals surface area contributed by atoms with Crippen LogP contribution in [0.3, 0.4) is 0 Å². The Morgan fingerprint density at radius 2 is 1.50 bits per heavy atom. The highest BCUT2D eigenvalue weighted by molar-refractivity contribution is 7.80. The van der Waals surface area contributed by atoms with Crippen LogP contribution in [0, 0.1) is 0 Å². The molecular formula is C21H26N2O4S. The minimum atomic E-state index is -0.00573. The number of hydrogen-bond donors (Lipinski definition) is 1. The molecule has 28 heavy (non-hydrogen) atoms. The van der Waals surface area contributed by atoms with Crippen LogP contribution in [0.5, 0.6) is 11.5 Å². The molecule has 0 N–H and O–H groups in total. The second-order valence-corrected chi connectivity index (χ2v) is 6.10. The van der Waals surface area contributed by atoms with E-state index in [2.05, 4.69) is 17.7 Å². The summed E-state index contributed by atoms with van der Waals surface area (Å²) in [5.41, 5.74) is 1.59. The van der Waals surface area contributed by atoms with Gasteiger partial charge in [-0.1, -0.05) is 0 Å². The smallest absolute Gasteiger partial charge is 0.242 e.